The molecule has 4 rings (SSSR count). The number of carbonyl (C=O) groups is 2. The van der Waals surface area contributed by atoms with E-state index in [0.717, 1.165) is 11.1 Å². The zero-order chi connectivity index (χ0) is 26.1. The number of benzene rings is 3. The minimum Gasteiger partial charge on any atom is -0.507 e. The topological polar surface area (TPSA) is 85.3 Å². The van der Waals surface area contributed by atoms with Crippen LogP contribution in [0, 0.1) is 13.8 Å². The predicted octanol–water partition coefficient (Wildman–Crippen LogP) is 5.61. The van der Waals surface area contributed by atoms with Crippen molar-refractivity contribution in [1.29, 1.82) is 0 Å². The maximum absolute atomic E-state index is 13.5. The molecule has 1 fully saturated rings. The number of aliphatic hydroxyl groups is 1. The Bertz CT molecular complexity index is 1400. The number of halogens is 1. The number of hydrogen-bond acceptors (Lipinski definition) is 6. The van der Waals surface area contributed by atoms with Gasteiger partial charge in [0.2, 0.25) is 0 Å². The largest absolute Gasteiger partial charge is 0.507 e. The van der Waals surface area contributed by atoms with Crippen molar-refractivity contribution in [3.63, 3.8) is 0 Å². The van der Waals surface area contributed by atoms with Gasteiger partial charge in [0, 0.05) is 17.3 Å². The van der Waals surface area contributed by atoms with E-state index in [2.05, 4.69) is 0 Å². The molecule has 3 aromatic rings. The quantitative estimate of drug-likeness (QED) is 0.265. The number of Topliss-reactive ketones (excluding diaryl/α,β-unsaturated/α-hetero) is 1. The van der Waals surface area contributed by atoms with Gasteiger partial charge in [-0.15, -0.1) is 0 Å². The Morgan fingerprint density at radius 3 is 2.22 bits per heavy atom. The lowest BCUT2D eigenvalue weighted by molar-refractivity contribution is -0.132. The average Bonchev–Trinajstić information content (AvgIpc) is 3.14. The van der Waals surface area contributed by atoms with Crippen molar-refractivity contribution in [2.75, 3.05) is 26.2 Å². The van der Waals surface area contributed by atoms with E-state index >= 15 is 0 Å². The van der Waals surface area contributed by atoms with Crippen LogP contribution in [0.25, 0.3) is 5.76 Å². The third kappa shape index (κ3) is 4.05. The van der Waals surface area contributed by atoms with Crippen LogP contribution in [0.3, 0.4) is 0 Å². The molecule has 0 bridgehead atoms. The third-order valence-corrected chi connectivity index (χ3v) is 6.74. The molecule has 186 valence electrons. The molecule has 0 aliphatic carbocycles. The highest BCUT2D eigenvalue weighted by atomic mass is 35.5. The van der Waals surface area contributed by atoms with E-state index in [0.29, 0.717) is 22.7 Å². The average molecular weight is 508 g/mol. The summed E-state index contributed by atoms with van der Waals surface area (Å²) >= 11 is 6.34. The van der Waals surface area contributed by atoms with Crippen LogP contribution in [-0.2, 0) is 9.59 Å². The summed E-state index contributed by atoms with van der Waals surface area (Å²) in [5.41, 5.74) is 2.94. The van der Waals surface area contributed by atoms with Gasteiger partial charge in [0.25, 0.3) is 11.7 Å². The van der Waals surface area contributed by atoms with Crippen LogP contribution in [0.4, 0.5) is 5.69 Å². The van der Waals surface area contributed by atoms with E-state index < -0.39 is 23.5 Å². The number of para-hydroxylation sites is 1. The maximum atomic E-state index is 13.5. The molecular formula is C28H26ClNO6. The lowest BCUT2D eigenvalue weighted by atomic mass is 9.93. The molecule has 1 aliphatic heterocycles. The fraction of sp³-hybridized carbons (Fsp3) is 0.214. The first kappa shape index (κ1) is 25.1. The highest BCUT2D eigenvalue weighted by Crippen LogP contribution is 2.47. The summed E-state index contributed by atoms with van der Waals surface area (Å²) in [5.74, 6) is -0.991. The molecule has 1 unspecified atom stereocenters. The molecular weight excluding hydrogens is 482 g/mol. The lowest BCUT2D eigenvalue weighted by Gasteiger charge is -2.28. The summed E-state index contributed by atoms with van der Waals surface area (Å²) < 4.78 is 16.3. The van der Waals surface area contributed by atoms with E-state index in [-0.39, 0.29) is 21.9 Å². The van der Waals surface area contributed by atoms with Crippen LogP contribution in [-0.4, -0.2) is 38.1 Å². The molecule has 1 N–H and O–H groups in total. The Hall–Kier alpha value is -3.97. The molecule has 7 nitrogen and oxygen atoms in total. The second-order valence-corrected chi connectivity index (χ2v) is 8.72. The highest BCUT2D eigenvalue weighted by molar-refractivity contribution is 6.52. The van der Waals surface area contributed by atoms with Crippen LogP contribution in [0.2, 0.25) is 5.02 Å². The molecule has 0 radical (unpaired) electrons. The van der Waals surface area contributed by atoms with Crippen molar-refractivity contribution in [3.05, 3.63) is 87.4 Å². The first-order valence-electron chi connectivity index (χ1n) is 11.2. The molecule has 1 aliphatic rings. The summed E-state index contributed by atoms with van der Waals surface area (Å²) in [4.78, 5) is 28.5. The molecule has 0 spiro atoms. The Balaban J connectivity index is 2.06. The Morgan fingerprint density at radius 1 is 0.889 bits per heavy atom. The van der Waals surface area contributed by atoms with Gasteiger partial charge in [-0.1, -0.05) is 41.9 Å². The number of ether oxygens (including phenoxy) is 3. The summed E-state index contributed by atoms with van der Waals surface area (Å²) in [5, 5.41) is 11.8. The normalized spacial score (nSPS) is 16.8. The van der Waals surface area contributed by atoms with Crippen molar-refractivity contribution < 1.29 is 28.9 Å². The first-order valence-corrected chi connectivity index (χ1v) is 11.5. The van der Waals surface area contributed by atoms with Gasteiger partial charge in [0.05, 0.1) is 43.5 Å². The number of hydrogen-bond donors (Lipinski definition) is 1. The fourth-order valence-corrected chi connectivity index (χ4v) is 4.70. The molecule has 1 atom stereocenters. The molecule has 0 aromatic heterocycles. The fourth-order valence-electron chi connectivity index (χ4n) is 4.45. The van der Waals surface area contributed by atoms with E-state index in [4.69, 9.17) is 25.8 Å². The maximum Gasteiger partial charge on any atom is 0.300 e. The summed E-state index contributed by atoms with van der Waals surface area (Å²) in [6.07, 6.45) is 0. The first-order chi connectivity index (χ1) is 17.2. The number of methoxy groups -OCH3 is 3. The third-order valence-electron chi connectivity index (χ3n) is 6.44. The number of aryl methyl sites for hydroxylation is 1. The summed E-state index contributed by atoms with van der Waals surface area (Å²) in [7, 11) is 4.39. The lowest BCUT2D eigenvalue weighted by Crippen LogP contribution is -2.30. The summed E-state index contributed by atoms with van der Waals surface area (Å²) in [6.45, 7) is 3.81. The number of amides is 1. The van der Waals surface area contributed by atoms with E-state index in [1.807, 2.05) is 26.0 Å². The highest BCUT2D eigenvalue weighted by Gasteiger charge is 2.48. The van der Waals surface area contributed by atoms with Gasteiger partial charge in [-0.25, -0.2) is 0 Å². The number of anilines is 1. The predicted molar refractivity (Wildman–Crippen MR) is 138 cm³/mol. The Kier molecular flexibility index (Phi) is 6.95. The van der Waals surface area contributed by atoms with Gasteiger partial charge < -0.3 is 19.3 Å². The molecule has 0 saturated carbocycles. The standard InChI is InChI=1S/C28H26ClNO6/c1-15-9-8-11-20(16(15)2)30-25(17-10-6-7-12-21(17)34-3)24(27(32)28(30)33)26(31)18-13-19(29)23(36-5)14-22(18)35-4/h6-14,25,31H,1-5H3/b26-24+. The number of aliphatic hydroxyl groups excluding tert-OH is 1. The molecule has 1 amide bonds. The molecule has 8 heteroatoms. The van der Waals surface area contributed by atoms with Gasteiger partial charge >= 0.3 is 0 Å². The summed E-state index contributed by atoms with van der Waals surface area (Å²) in [6, 6.07) is 14.6. The van der Waals surface area contributed by atoms with E-state index in [1.165, 1.54) is 38.4 Å². The molecule has 3 aromatic carbocycles. The van der Waals surface area contributed by atoms with Crippen molar-refractivity contribution in [1.82, 2.24) is 0 Å². The number of rotatable bonds is 6. The molecule has 1 heterocycles. The van der Waals surface area contributed by atoms with Crippen molar-refractivity contribution >= 4 is 34.7 Å². The monoisotopic (exact) mass is 507 g/mol. The van der Waals surface area contributed by atoms with Crippen LogP contribution in [0.15, 0.2) is 60.2 Å². The zero-order valence-corrected chi connectivity index (χ0v) is 21.3. The second-order valence-electron chi connectivity index (χ2n) is 8.32. The van der Waals surface area contributed by atoms with Crippen molar-refractivity contribution in [2.45, 2.75) is 19.9 Å². The number of nitrogens with zero attached hydrogens (tertiary/aromatic N) is 1. The van der Waals surface area contributed by atoms with Gasteiger partial charge in [-0.05, 0) is 43.2 Å². The van der Waals surface area contributed by atoms with Crippen LogP contribution in [0.5, 0.6) is 17.2 Å². The zero-order valence-electron chi connectivity index (χ0n) is 20.6. The second kappa shape index (κ2) is 9.95. The SMILES string of the molecule is COc1cc(OC)c(/C(O)=C2\C(=O)C(=O)N(c3cccc(C)c3C)C2c2ccccc2OC)cc1Cl. The smallest absolute Gasteiger partial charge is 0.300 e. The Labute approximate surface area is 214 Å². The van der Waals surface area contributed by atoms with Crippen molar-refractivity contribution in [2.24, 2.45) is 0 Å². The number of carbonyl (C=O) groups excluding carboxylic acids is 2. The van der Waals surface area contributed by atoms with Gasteiger partial charge in [-0.3, -0.25) is 14.5 Å². The molecule has 1 saturated heterocycles. The van der Waals surface area contributed by atoms with Gasteiger partial charge in [0.1, 0.15) is 23.0 Å². The Morgan fingerprint density at radius 2 is 1.56 bits per heavy atom. The number of ketones is 1. The van der Waals surface area contributed by atoms with E-state index in [9.17, 15) is 14.7 Å². The van der Waals surface area contributed by atoms with Gasteiger partial charge in [0.15, 0.2) is 0 Å². The van der Waals surface area contributed by atoms with E-state index in [1.54, 1.807) is 30.3 Å². The van der Waals surface area contributed by atoms with Crippen LogP contribution in [0.1, 0.15) is 28.3 Å². The minimum absolute atomic E-state index is 0.107. The minimum atomic E-state index is -0.966. The van der Waals surface area contributed by atoms with Gasteiger partial charge in [-0.2, -0.15) is 0 Å². The van der Waals surface area contributed by atoms with Crippen LogP contribution >= 0.6 is 11.6 Å². The van der Waals surface area contributed by atoms with Crippen LogP contribution < -0.4 is 19.1 Å². The molecule has 36 heavy (non-hydrogen) atoms. The van der Waals surface area contributed by atoms with Crippen molar-refractivity contribution in [3.8, 4) is 17.2 Å².